The Kier molecular flexibility index (Phi) is 3.78. The number of fused-ring (bicyclic) bond motifs is 1. The number of carbonyl (C=O) groups excluding carboxylic acids is 1. The fraction of sp³-hybridized carbons (Fsp3) is 0.333. The highest BCUT2D eigenvalue weighted by Crippen LogP contribution is 2.37. The Morgan fingerprint density at radius 2 is 2.25 bits per heavy atom. The smallest absolute Gasteiger partial charge is 0.248 e. The third-order valence-corrected chi connectivity index (χ3v) is 4.64. The minimum Gasteiger partial charge on any atom is -0.310 e. The van der Waals surface area contributed by atoms with Crippen LogP contribution in [0.25, 0.3) is 0 Å². The van der Waals surface area contributed by atoms with Gasteiger partial charge in [0.1, 0.15) is 6.54 Å². The summed E-state index contributed by atoms with van der Waals surface area (Å²) in [6.07, 6.45) is 4.52. The topological polar surface area (TPSA) is 38.1 Å². The Bertz CT molecular complexity index is 597. The molecule has 2 aromatic rings. The normalized spacial score (nSPS) is 18.4. The van der Waals surface area contributed by atoms with Crippen molar-refractivity contribution in [2.75, 3.05) is 11.4 Å². The molecule has 0 bridgehead atoms. The van der Waals surface area contributed by atoms with Crippen LogP contribution in [0.1, 0.15) is 13.3 Å². The molecular formula is C15H17N3OS. The maximum Gasteiger partial charge on any atom is 0.248 e. The van der Waals surface area contributed by atoms with Gasteiger partial charge in [0.15, 0.2) is 0 Å². The number of hydrogen-bond donors (Lipinski definition) is 0. The summed E-state index contributed by atoms with van der Waals surface area (Å²) in [7, 11) is 0. The van der Waals surface area contributed by atoms with Crippen molar-refractivity contribution in [2.24, 2.45) is 0 Å². The summed E-state index contributed by atoms with van der Waals surface area (Å²) in [6, 6.07) is 9.97. The number of carbonyl (C=O) groups is 1. The molecule has 0 radical (unpaired) electrons. The summed E-state index contributed by atoms with van der Waals surface area (Å²) in [4.78, 5) is 15.6. The Labute approximate surface area is 122 Å². The number of hydrogen-bond acceptors (Lipinski definition) is 3. The lowest BCUT2D eigenvalue weighted by Gasteiger charge is -2.22. The predicted molar refractivity (Wildman–Crippen MR) is 81.0 cm³/mol. The Hall–Kier alpha value is -1.75. The van der Waals surface area contributed by atoms with Crippen molar-refractivity contribution in [1.82, 2.24) is 9.78 Å². The van der Waals surface area contributed by atoms with Gasteiger partial charge >= 0.3 is 0 Å². The molecule has 1 aromatic heterocycles. The summed E-state index contributed by atoms with van der Waals surface area (Å²) in [6.45, 7) is 3.27. The molecule has 1 aromatic carbocycles. The van der Waals surface area contributed by atoms with Crippen molar-refractivity contribution in [3.63, 3.8) is 0 Å². The van der Waals surface area contributed by atoms with Crippen LogP contribution >= 0.6 is 11.8 Å². The molecule has 1 amide bonds. The zero-order valence-electron chi connectivity index (χ0n) is 11.4. The van der Waals surface area contributed by atoms with Gasteiger partial charge in [-0.2, -0.15) is 5.10 Å². The van der Waals surface area contributed by atoms with Crippen molar-refractivity contribution >= 4 is 23.4 Å². The first-order valence-electron chi connectivity index (χ1n) is 6.77. The van der Waals surface area contributed by atoms with Crippen molar-refractivity contribution < 1.29 is 4.79 Å². The maximum absolute atomic E-state index is 12.5. The van der Waals surface area contributed by atoms with Gasteiger partial charge in [0.05, 0.1) is 5.69 Å². The highest BCUT2D eigenvalue weighted by molar-refractivity contribution is 8.00. The lowest BCUT2D eigenvalue weighted by Crippen LogP contribution is -2.35. The largest absolute Gasteiger partial charge is 0.310 e. The minimum atomic E-state index is 0.0934. The van der Waals surface area contributed by atoms with Gasteiger partial charge < -0.3 is 4.90 Å². The van der Waals surface area contributed by atoms with E-state index in [1.54, 1.807) is 10.9 Å². The first-order chi connectivity index (χ1) is 9.74. The SMILES string of the molecule is CC1CCN(C(=O)Cn2cccn2)c2ccccc2S1. The van der Waals surface area contributed by atoms with E-state index in [0.717, 1.165) is 18.7 Å². The lowest BCUT2D eigenvalue weighted by atomic mass is 10.2. The third-order valence-electron chi connectivity index (χ3n) is 3.40. The summed E-state index contributed by atoms with van der Waals surface area (Å²) < 4.78 is 1.67. The van der Waals surface area contributed by atoms with E-state index in [0.29, 0.717) is 11.8 Å². The van der Waals surface area contributed by atoms with E-state index in [1.807, 2.05) is 47.1 Å². The number of anilines is 1. The molecule has 0 aliphatic carbocycles. The van der Waals surface area contributed by atoms with Crippen molar-refractivity contribution in [1.29, 1.82) is 0 Å². The van der Waals surface area contributed by atoms with E-state index in [2.05, 4.69) is 18.1 Å². The minimum absolute atomic E-state index is 0.0934. The van der Waals surface area contributed by atoms with Gasteiger partial charge in [-0.05, 0) is 24.6 Å². The fourth-order valence-corrected chi connectivity index (χ4v) is 3.48. The van der Waals surface area contributed by atoms with E-state index in [1.165, 1.54) is 4.90 Å². The van der Waals surface area contributed by atoms with Crippen LogP contribution < -0.4 is 4.90 Å². The third kappa shape index (κ3) is 2.72. The zero-order chi connectivity index (χ0) is 13.9. The van der Waals surface area contributed by atoms with Crippen LogP contribution in [0, 0.1) is 0 Å². The van der Waals surface area contributed by atoms with E-state index in [9.17, 15) is 4.79 Å². The number of nitrogens with zero attached hydrogens (tertiary/aromatic N) is 3. The Balaban J connectivity index is 1.87. The molecule has 4 nitrogen and oxygen atoms in total. The summed E-state index contributed by atoms with van der Waals surface area (Å²) in [5.74, 6) is 0.0934. The van der Waals surface area contributed by atoms with E-state index < -0.39 is 0 Å². The van der Waals surface area contributed by atoms with Gasteiger partial charge in [-0.1, -0.05) is 19.1 Å². The van der Waals surface area contributed by atoms with Crippen molar-refractivity contribution in [2.45, 2.75) is 30.0 Å². The molecule has 1 aliphatic heterocycles. The van der Waals surface area contributed by atoms with E-state index >= 15 is 0 Å². The Morgan fingerprint density at radius 3 is 3.05 bits per heavy atom. The van der Waals surface area contributed by atoms with Gasteiger partial charge in [0, 0.05) is 29.1 Å². The molecule has 1 aliphatic rings. The zero-order valence-corrected chi connectivity index (χ0v) is 12.2. The van der Waals surface area contributed by atoms with Crippen molar-refractivity contribution in [3.8, 4) is 0 Å². The summed E-state index contributed by atoms with van der Waals surface area (Å²) in [5.41, 5.74) is 1.03. The summed E-state index contributed by atoms with van der Waals surface area (Å²) in [5, 5.41) is 4.64. The number of rotatable bonds is 2. The van der Waals surface area contributed by atoms with Crippen LogP contribution in [-0.2, 0) is 11.3 Å². The van der Waals surface area contributed by atoms with Gasteiger partial charge in [0.25, 0.3) is 0 Å². The first-order valence-corrected chi connectivity index (χ1v) is 7.65. The second kappa shape index (κ2) is 5.71. The number of amides is 1. The van der Waals surface area contributed by atoms with Gasteiger partial charge in [-0.25, -0.2) is 0 Å². The predicted octanol–water partition coefficient (Wildman–Crippen LogP) is 2.80. The first kappa shape index (κ1) is 13.2. The van der Waals surface area contributed by atoms with Gasteiger partial charge in [0.2, 0.25) is 5.91 Å². The summed E-state index contributed by atoms with van der Waals surface area (Å²) >= 11 is 1.85. The molecule has 0 fully saturated rings. The highest BCUT2D eigenvalue weighted by atomic mass is 32.2. The monoisotopic (exact) mass is 287 g/mol. The quantitative estimate of drug-likeness (QED) is 0.852. The molecule has 3 rings (SSSR count). The second-order valence-corrected chi connectivity index (χ2v) is 6.41. The second-order valence-electron chi connectivity index (χ2n) is 4.93. The molecular weight excluding hydrogens is 270 g/mol. The van der Waals surface area contributed by atoms with E-state index in [-0.39, 0.29) is 5.91 Å². The van der Waals surface area contributed by atoms with Crippen LogP contribution in [0.3, 0.4) is 0 Å². The van der Waals surface area contributed by atoms with Crippen LogP contribution in [0.15, 0.2) is 47.6 Å². The number of aromatic nitrogens is 2. The molecule has 0 saturated carbocycles. The Morgan fingerprint density at radius 1 is 1.40 bits per heavy atom. The molecule has 104 valence electrons. The van der Waals surface area contributed by atoms with Crippen molar-refractivity contribution in [3.05, 3.63) is 42.7 Å². The lowest BCUT2D eigenvalue weighted by molar-refractivity contribution is -0.119. The molecule has 0 spiro atoms. The van der Waals surface area contributed by atoms with E-state index in [4.69, 9.17) is 0 Å². The number of thioether (sulfide) groups is 1. The highest BCUT2D eigenvalue weighted by Gasteiger charge is 2.24. The average Bonchev–Trinajstić information content (AvgIpc) is 2.87. The fourth-order valence-electron chi connectivity index (χ4n) is 2.36. The molecule has 0 N–H and O–H groups in total. The molecule has 1 atom stereocenters. The molecule has 5 heteroatoms. The maximum atomic E-state index is 12.5. The molecule has 1 unspecified atom stereocenters. The van der Waals surface area contributed by atoms with Crippen LogP contribution in [0.4, 0.5) is 5.69 Å². The molecule has 20 heavy (non-hydrogen) atoms. The number of benzene rings is 1. The van der Waals surface area contributed by atoms with Crippen LogP contribution in [0.2, 0.25) is 0 Å². The van der Waals surface area contributed by atoms with Crippen LogP contribution in [-0.4, -0.2) is 27.5 Å². The van der Waals surface area contributed by atoms with Crippen LogP contribution in [0.5, 0.6) is 0 Å². The average molecular weight is 287 g/mol. The van der Waals surface area contributed by atoms with Gasteiger partial charge in [-0.3, -0.25) is 9.48 Å². The molecule has 0 saturated heterocycles. The number of para-hydroxylation sites is 1. The molecule has 2 heterocycles. The van der Waals surface area contributed by atoms with Gasteiger partial charge in [-0.15, -0.1) is 11.8 Å². The standard InChI is InChI=1S/C15H17N3OS/c1-12-7-10-18(13-5-2-3-6-14(13)20-12)15(19)11-17-9-4-8-16-17/h2-6,8-9,12H,7,10-11H2,1H3.